The van der Waals surface area contributed by atoms with E-state index >= 15 is 0 Å². The van der Waals surface area contributed by atoms with Crippen molar-refractivity contribution < 1.29 is 39.9 Å². The second-order valence-corrected chi connectivity index (χ2v) is 7.34. The molecule has 0 bridgehead atoms. The molecule has 166 valence electrons. The molecule has 5 N–H and O–H groups in total. The second kappa shape index (κ2) is 14.7. The lowest BCUT2D eigenvalue weighted by Crippen LogP contribution is -2.60. The van der Waals surface area contributed by atoms with Crippen LogP contribution in [0, 0.1) is 0 Å². The molecule has 0 aliphatic carbocycles. The summed E-state index contributed by atoms with van der Waals surface area (Å²) >= 11 is 0. The van der Waals surface area contributed by atoms with Gasteiger partial charge in [0.15, 0.2) is 11.7 Å². The number of ether oxygens (including phenoxy) is 1. The number of carbonyl (C=O) groups is 2. The van der Waals surface area contributed by atoms with Crippen LogP contribution in [-0.4, -0.2) is 68.0 Å². The van der Waals surface area contributed by atoms with E-state index in [9.17, 15) is 30.0 Å². The lowest BCUT2D eigenvalue weighted by molar-refractivity contribution is -0.208. The normalized spacial score (nSPS) is 16.9. The zero-order valence-corrected chi connectivity index (χ0v) is 17.2. The number of carboxylic acid groups (broad SMARTS) is 2. The van der Waals surface area contributed by atoms with Crippen LogP contribution in [0.1, 0.15) is 84.5 Å². The van der Waals surface area contributed by atoms with Gasteiger partial charge in [-0.15, -0.1) is 0 Å². The van der Waals surface area contributed by atoms with Crippen LogP contribution in [0.25, 0.3) is 0 Å². The molecule has 0 aromatic carbocycles. The van der Waals surface area contributed by atoms with Gasteiger partial charge in [0.2, 0.25) is 0 Å². The fourth-order valence-corrected chi connectivity index (χ4v) is 3.15. The minimum absolute atomic E-state index is 0.0674. The molecule has 0 unspecified atom stereocenters. The van der Waals surface area contributed by atoms with Gasteiger partial charge in [-0.05, 0) is 19.3 Å². The van der Waals surface area contributed by atoms with Gasteiger partial charge in [0.05, 0.1) is 0 Å². The topological polar surface area (TPSA) is 145 Å². The summed E-state index contributed by atoms with van der Waals surface area (Å²) in [6.45, 7) is 4.20. The van der Waals surface area contributed by atoms with E-state index in [1.807, 2.05) is 0 Å². The average molecular weight is 407 g/mol. The van der Waals surface area contributed by atoms with E-state index in [0.717, 1.165) is 51.4 Å². The summed E-state index contributed by atoms with van der Waals surface area (Å²) in [7, 11) is 0. The quantitative estimate of drug-likeness (QED) is 0.218. The van der Waals surface area contributed by atoms with Crippen molar-refractivity contribution in [2.75, 3.05) is 6.61 Å². The summed E-state index contributed by atoms with van der Waals surface area (Å²) in [6.07, 6.45) is 2.01. The Hall–Kier alpha value is -1.22. The van der Waals surface area contributed by atoms with Crippen LogP contribution in [0.3, 0.4) is 0 Å². The van der Waals surface area contributed by atoms with Crippen molar-refractivity contribution in [3.63, 3.8) is 0 Å². The first-order valence-corrected chi connectivity index (χ1v) is 10.4. The summed E-state index contributed by atoms with van der Waals surface area (Å²) in [5, 5.41) is 48.7. The Balaban J connectivity index is 5.19. The van der Waals surface area contributed by atoms with Gasteiger partial charge in [-0.25, -0.2) is 9.59 Å². The molecule has 0 heterocycles. The molecule has 0 rings (SSSR count). The average Bonchev–Trinajstić information content (AvgIpc) is 2.66. The number of aliphatic hydroxyl groups is 3. The maximum atomic E-state index is 12.0. The molecule has 0 aromatic heterocycles. The zero-order chi connectivity index (χ0) is 21.6. The first kappa shape index (κ1) is 26.8. The first-order valence-electron chi connectivity index (χ1n) is 10.4. The zero-order valence-electron chi connectivity index (χ0n) is 17.2. The van der Waals surface area contributed by atoms with Gasteiger partial charge in [-0.2, -0.15) is 0 Å². The van der Waals surface area contributed by atoms with Gasteiger partial charge in [0.25, 0.3) is 0 Å². The number of unbranched alkanes of at least 4 members (excludes halogenated alkanes) is 8. The highest BCUT2D eigenvalue weighted by Gasteiger charge is 2.51. The van der Waals surface area contributed by atoms with E-state index in [2.05, 4.69) is 13.8 Å². The summed E-state index contributed by atoms with van der Waals surface area (Å²) in [6, 6.07) is 0. The van der Waals surface area contributed by atoms with Gasteiger partial charge in [0.1, 0.15) is 12.2 Å². The SMILES string of the molecule is CCCCCCCO[C@@](CCCCCCC)(C(=O)O)[C@@H](O)[C@@H](O)[C@H](O)C(=O)O. The summed E-state index contributed by atoms with van der Waals surface area (Å²) in [4.78, 5) is 22.9. The van der Waals surface area contributed by atoms with E-state index in [1.165, 1.54) is 0 Å². The van der Waals surface area contributed by atoms with E-state index in [4.69, 9.17) is 9.84 Å². The molecule has 0 fully saturated rings. The Morgan fingerprint density at radius 3 is 1.79 bits per heavy atom. The highest BCUT2D eigenvalue weighted by atomic mass is 16.5. The van der Waals surface area contributed by atoms with E-state index < -0.39 is 35.9 Å². The number of hydrogen-bond acceptors (Lipinski definition) is 6. The Bertz CT molecular complexity index is 442. The van der Waals surface area contributed by atoms with Gasteiger partial charge >= 0.3 is 11.9 Å². The molecule has 4 atom stereocenters. The third kappa shape index (κ3) is 8.86. The third-order valence-electron chi connectivity index (χ3n) is 5.00. The molecule has 28 heavy (non-hydrogen) atoms. The fourth-order valence-electron chi connectivity index (χ4n) is 3.15. The van der Waals surface area contributed by atoms with Crippen LogP contribution in [0.2, 0.25) is 0 Å². The molecule has 0 saturated heterocycles. The number of aliphatic hydroxyl groups excluding tert-OH is 3. The van der Waals surface area contributed by atoms with Crippen molar-refractivity contribution in [1.82, 2.24) is 0 Å². The number of aliphatic carboxylic acids is 2. The van der Waals surface area contributed by atoms with Crippen LogP contribution in [-0.2, 0) is 14.3 Å². The van der Waals surface area contributed by atoms with Crippen molar-refractivity contribution in [3.8, 4) is 0 Å². The Morgan fingerprint density at radius 1 is 0.821 bits per heavy atom. The van der Waals surface area contributed by atoms with Crippen molar-refractivity contribution in [3.05, 3.63) is 0 Å². The monoisotopic (exact) mass is 406 g/mol. The molecule has 0 radical (unpaired) electrons. The van der Waals surface area contributed by atoms with Crippen molar-refractivity contribution >= 4 is 11.9 Å². The smallest absolute Gasteiger partial charge is 0.338 e. The predicted molar refractivity (Wildman–Crippen MR) is 104 cm³/mol. The Kier molecular flexibility index (Phi) is 14.1. The fraction of sp³-hybridized carbons (Fsp3) is 0.900. The minimum atomic E-state index is -2.30. The van der Waals surface area contributed by atoms with E-state index in [1.54, 1.807) is 0 Å². The standard InChI is InChI=1S/C20H38O8/c1-3-5-7-9-11-13-20(19(26)27,28-14-12-10-8-6-4-2)17(23)15(21)16(22)18(24)25/h15-17,21-23H,3-14H2,1-2H3,(H,24,25)(H,26,27)/t15-,16-,17-,20+/m0/s1. The molecule has 0 aliphatic heterocycles. The highest BCUT2D eigenvalue weighted by Crippen LogP contribution is 2.29. The number of rotatable bonds is 18. The highest BCUT2D eigenvalue weighted by molar-refractivity contribution is 5.79. The summed E-state index contributed by atoms with van der Waals surface area (Å²) < 4.78 is 5.58. The second-order valence-electron chi connectivity index (χ2n) is 7.34. The first-order chi connectivity index (χ1) is 13.2. The van der Waals surface area contributed by atoms with E-state index in [0.29, 0.717) is 12.8 Å². The molecular formula is C20H38O8. The molecule has 8 nitrogen and oxygen atoms in total. The third-order valence-corrected chi connectivity index (χ3v) is 5.00. The Labute approximate surface area is 167 Å². The van der Waals surface area contributed by atoms with Crippen molar-refractivity contribution in [1.29, 1.82) is 0 Å². The maximum Gasteiger partial charge on any atom is 0.338 e. The van der Waals surface area contributed by atoms with Gasteiger partial charge in [-0.3, -0.25) is 0 Å². The van der Waals surface area contributed by atoms with Gasteiger partial charge < -0.3 is 30.3 Å². The molecular weight excluding hydrogens is 368 g/mol. The van der Waals surface area contributed by atoms with Crippen LogP contribution in [0.4, 0.5) is 0 Å². The molecule has 8 heteroatoms. The van der Waals surface area contributed by atoms with E-state index in [-0.39, 0.29) is 13.0 Å². The largest absolute Gasteiger partial charge is 0.479 e. The molecule has 0 spiro atoms. The molecule has 0 saturated carbocycles. The molecule has 0 amide bonds. The lowest BCUT2D eigenvalue weighted by atomic mass is 9.85. The van der Waals surface area contributed by atoms with Crippen LogP contribution < -0.4 is 0 Å². The molecule has 0 aromatic rings. The van der Waals surface area contributed by atoms with Crippen LogP contribution >= 0.6 is 0 Å². The number of carboxylic acids is 2. The van der Waals surface area contributed by atoms with Crippen LogP contribution in [0.15, 0.2) is 0 Å². The predicted octanol–water partition coefficient (Wildman–Crippen LogP) is 2.32. The Morgan fingerprint density at radius 2 is 1.32 bits per heavy atom. The number of hydrogen-bond donors (Lipinski definition) is 5. The van der Waals surface area contributed by atoms with Gasteiger partial charge in [-0.1, -0.05) is 65.2 Å². The molecule has 0 aliphatic rings. The maximum absolute atomic E-state index is 12.0. The lowest BCUT2D eigenvalue weighted by Gasteiger charge is -2.37. The van der Waals surface area contributed by atoms with Gasteiger partial charge in [0, 0.05) is 6.61 Å². The van der Waals surface area contributed by atoms with Crippen molar-refractivity contribution in [2.24, 2.45) is 0 Å². The van der Waals surface area contributed by atoms with Crippen LogP contribution in [0.5, 0.6) is 0 Å². The summed E-state index contributed by atoms with van der Waals surface area (Å²) in [5.74, 6) is -3.21. The van der Waals surface area contributed by atoms with Crippen molar-refractivity contribution in [2.45, 2.75) is 108 Å². The summed E-state index contributed by atoms with van der Waals surface area (Å²) in [5.41, 5.74) is -2.16. The minimum Gasteiger partial charge on any atom is -0.479 e.